The standard InChI is InChI=1S/C23H16ClFN4O3/c24-19-11-16(8-9-20(19)25)27-21(30)14-32-23(31)18-13-29(17-6-2-1-3-7-17)28-22(18)15-5-4-10-26-12-15/h1-13H,14H2,(H,27,30). The van der Waals surface area contributed by atoms with Crippen molar-refractivity contribution in [1.82, 2.24) is 14.8 Å². The van der Waals surface area contributed by atoms with Gasteiger partial charge in [0.2, 0.25) is 0 Å². The molecule has 0 saturated heterocycles. The van der Waals surface area contributed by atoms with Gasteiger partial charge in [-0.05, 0) is 42.5 Å². The Morgan fingerprint density at radius 3 is 2.62 bits per heavy atom. The van der Waals surface area contributed by atoms with Crippen molar-refractivity contribution in [2.45, 2.75) is 0 Å². The Bertz CT molecular complexity index is 1260. The minimum absolute atomic E-state index is 0.130. The van der Waals surface area contributed by atoms with Gasteiger partial charge in [0.25, 0.3) is 5.91 Å². The molecular weight excluding hydrogens is 435 g/mol. The largest absolute Gasteiger partial charge is 0.452 e. The molecule has 2 aromatic carbocycles. The maximum Gasteiger partial charge on any atom is 0.342 e. The van der Waals surface area contributed by atoms with Gasteiger partial charge in [-0.15, -0.1) is 0 Å². The fraction of sp³-hybridized carbons (Fsp3) is 0.0435. The van der Waals surface area contributed by atoms with Gasteiger partial charge in [-0.25, -0.2) is 13.9 Å². The molecule has 0 saturated carbocycles. The number of ether oxygens (including phenoxy) is 1. The van der Waals surface area contributed by atoms with Crippen LogP contribution in [0.4, 0.5) is 10.1 Å². The van der Waals surface area contributed by atoms with Crippen molar-refractivity contribution in [2.24, 2.45) is 0 Å². The number of pyridine rings is 1. The number of aromatic nitrogens is 3. The molecule has 0 atom stereocenters. The van der Waals surface area contributed by atoms with Crippen LogP contribution in [-0.4, -0.2) is 33.2 Å². The molecule has 9 heteroatoms. The Morgan fingerprint density at radius 1 is 1.09 bits per heavy atom. The molecule has 2 aromatic heterocycles. The van der Waals surface area contributed by atoms with Crippen LogP contribution in [0.2, 0.25) is 5.02 Å². The molecule has 0 radical (unpaired) electrons. The normalized spacial score (nSPS) is 10.6. The summed E-state index contributed by atoms with van der Waals surface area (Å²) in [4.78, 5) is 29.0. The van der Waals surface area contributed by atoms with Gasteiger partial charge in [0.15, 0.2) is 6.61 Å². The first-order valence-electron chi connectivity index (χ1n) is 9.49. The van der Waals surface area contributed by atoms with Crippen LogP contribution in [0.25, 0.3) is 16.9 Å². The molecule has 0 spiro atoms. The van der Waals surface area contributed by atoms with Crippen LogP contribution in [0, 0.1) is 5.82 Å². The zero-order chi connectivity index (χ0) is 22.5. The fourth-order valence-electron chi connectivity index (χ4n) is 2.93. The van der Waals surface area contributed by atoms with Crippen molar-refractivity contribution in [3.8, 4) is 16.9 Å². The zero-order valence-corrected chi connectivity index (χ0v) is 17.3. The number of benzene rings is 2. The molecule has 0 bridgehead atoms. The average Bonchev–Trinajstić information content (AvgIpc) is 3.27. The van der Waals surface area contributed by atoms with Crippen LogP contribution >= 0.6 is 11.6 Å². The molecular formula is C23H16ClFN4O3. The third-order valence-electron chi connectivity index (χ3n) is 4.43. The lowest BCUT2D eigenvalue weighted by atomic mass is 10.1. The lowest BCUT2D eigenvalue weighted by Crippen LogP contribution is -2.21. The number of para-hydroxylation sites is 1. The highest BCUT2D eigenvalue weighted by molar-refractivity contribution is 6.31. The van der Waals surface area contributed by atoms with Crippen LogP contribution in [-0.2, 0) is 9.53 Å². The molecule has 0 unspecified atom stereocenters. The molecule has 0 aliphatic heterocycles. The quantitative estimate of drug-likeness (QED) is 0.436. The van der Waals surface area contributed by atoms with Crippen LogP contribution in [0.3, 0.4) is 0 Å². The van der Waals surface area contributed by atoms with Gasteiger partial charge in [0, 0.05) is 29.8 Å². The number of anilines is 1. The zero-order valence-electron chi connectivity index (χ0n) is 16.5. The first kappa shape index (κ1) is 21.2. The van der Waals surface area contributed by atoms with E-state index in [-0.39, 0.29) is 16.3 Å². The molecule has 32 heavy (non-hydrogen) atoms. The summed E-state index contributed by atoms with van der Waals surface area (Å²) in [6, 6.07) is 16.5. The predicted octanol–water partition coefficient (Wildman–Crippen LogP) is 4.52. The second-order valence-corrected chi connectivity index (χ2v) is 7.07. The molecule has 7 nitrogen and oxygen atoms in total. The molecule has 1 N–H and O–H groups in total. The van der Waals surface area contributed by atoms with E-state index in [1.807, 2.05) is 30.3 Å². The number of carbonyl (C=O) groups excluding carboxylic acids is 2. The molecule has 4 rings (SSSR count). The number of nitrogens with zero attached hydrogens (tertiary/aromatic N) is 3. The van der Waals surface area contributed by atoms with Crippen molar-refractivity contribution >= 4 is 29.2 Å². The second kappa shape index (κ2) is 9.40. The Labute approximate surface area is 187 Å². The van der Waals surface area contributed by atoms with E-state index >= 15 is 0 Å². The molecule has 0 fully saturated rings. The van der Waals surface area contributed by atoms with Crippen LogP contribution in [0.1, 0.15) is 10.4 Å². The summed E-state index contributed by atoms with van der Waals surface area (Å²) in [6.45, 7) is -0.545. The lowest BCUT2D eigenvalue weighted by molar-refractivity contribution is -0.119. The monoisotopic (exact) mass is 450 g/mol. The Morgan fingerprint density at radius 2 is 1.91 bits per heavy atom. The van der Waals surface area contributed by atoms with Crippen molar-refractivity contribution < 1.29 is 18.7 Å². The third-order valence-corrected chi connectivity index (χ3v) is 4.72. The Kier molecular flexibility index (Phi) is 6.23. The number of rotatable bonds is 6. The number of halogens is 2. The van der Waals surface area contributed by atoms with Crippen LogP contribution in [0.15, 0.2) is 79.3 Å². The van der Waals surface area contributed by atoms with Gasteiger partial charge >= 0.3 is 5.97 Å². The summed E-state index contributed by atoms with van der Waals surface area (Å²) in [6.07, 6.45) is 4.73. The van der Waals surface area contributed by atoms with Crippen molar-refractivity contribution in [1.29, 1.82) is 0 Å². The van der Waals surface area contributed by atoms with Crippen molar-refractivity contribution in [3.63, 3.8) is 0 Å². The van der Waals surface area contributed by atoms with E-state index in [1.54, 1.807) is 29.2 Å². The average molecular weight is 451 g/mol. The predicted molar refractivity (Wildman–Crippen MR) is 117 cm³/mol. The number of hydrogen-bond donors (Lipinski definition) is 1. The summed E-state index contributed by atoms with van der Waals surface area (Å²) < 4.78 is 20.0. The summed E-state index contributed by atoms with van der Waals surface area (Å²) in [5, 5.41) is 6.88. The summed E-state index contributed by atoms with van der Waals surface area (Å²) in [7, 11) is 0. The first-order valence-corrected chi connectivity index (χ1v) is 9.86. The van der Waals surface area contributed by atoms with Gasteiger partial charge in [0.05, 0.1) is 10.7 Å². The second-order valence-electron chi connectivity index (χ2n) is 6.67. The van der Waals surface area contributed by atoms with Crippen LogP contribution in [0.5, 0.6) is 0 Å². The van der Waals surface area contributed by atoms with Gasteiger partial charge < -0.3 is 10.1 Å². The summed E-state index contributed by atoms with van der Waals surface area (Å²) in [5.74, 6) is -1.92. The van der Waals surface area contributed by atoms with Crippen molar-refractivity contribution in [3.05, 3.63) is 95.7 Å². The molecule has 1 amide bonds. The van der Waals surface area contributed by atoms with Gasteiger partial charge in [0.1, 0.15) is 17.1 Å². The maximum absolute atomic E-state index is 13.3. The molecule has 160 valence electrons. The minimum atomic E-state index is -0.724. The van der Waals surface area contributed by atoms with E-state index < -0.39 is 24.3 Å². The third kappa shape index (κ3) is 4.81. The van der Waals surface area contributed by atoms with E-state index in [9.17, 15) is 14.0 Å². The number of amides is 1. The number of nitrogens with one attached hydrogen (secondary N) is 1. The van der Waals surface area contributed by atoms with Crippen molar-refractivity contribution in [2.75, 3.05) is 11.9 Å². The van der Waals surface area contributed by atoms with Gasteiger partial charge in [-0.1, -0.05) is 29.8 Å². The van der Waals surface area contributed by atoms with E-state index in [2.05, 4.69) is 15.4 Å². The number of esters is 1. The van der Waals surface area contributed by atoms with Crippen LogP contribution < -0.4 is 5.32 Å². The Balaban J connectivity index is 1.52. The van der Waals surface area contributed by atoms with Gasteiger partial charge in [-0.2, -0.15) is 5.10 Å². The molecule has 0 aliphatic rings. The highest BCUT2D eigenvalue weighted by atomic mass is 35.5. The smallest absolute Gasteiger partial charge is 0.342 e. The summed E-state index contributed by atoms with van der Waals surface area (Å²) >= 11 is 5.71. The summed E-state index contributed by atoms with van der Waals surface area (Å²) in [5.41, 5.74) is 2.21. The molecule has 2 heterocycles. The van der Waals surface area contributed by atoms with E-state index in [0.717, 1.165) is 11.8 Å². The molecule has 0 aliphatic carbocycles. The number of hydrogen-bond acceptors (Lipinski definition) is 5. The highest BCUT2D eigenvalue weighted by Gasteiger charge is 2.21. The topological polar surface area (TPSA) is 86.1 Å². The SMILES string of the molecule is O=C(COC(=O)c1cn(-c2ccccc2)nc1-c1cccnc1)Nc1ccc(F)c(Cl)c1. The fourth-order valence-corrected chi connectivity index (χ4v) is 3.11. The molecule has 4 aromatic rings. The van der Waals surface area contributed by atoms with Gasteiger partial charge in [-0.3, -0.25) is 9.78 Å². The van der Waals surface area contributed by atoms with E-state index in [1.165, 1.54) is 18.3 Å². The first-order chi connectivity index (χ1) is 15.5. The van der Waals surface area contributed by atoms with E-state index in [4.69, 9.17) is 16.3 Å². The minimum Gasteiger partial charge on any atom is -0.452 e. The number of carbonyl (C=O) groups is 2. The lowest BCUT2D eigenvalue weighted by Gasteiger charge is -2.07. The maximum atomic E-state index is 13.3. The highest BCUT2D eigenvalue weighted by Crippen LogP contribution is 2.24. The Hall–Kier alpha value is -4.04. The van der Waals surface area contributed by atoms with E-state index in [0.29, 0.717) is 11.3 Å².